The van der Waals surface area contributed by atoms with E-state index in [9.17, 15) is 26.4 Å². The van der Waals surface area contributed by atoms with Gasteiger partial charge in [-0.2, -0.15) is 13.2 Å². The summed E-state index contributed by atoms with van der Waals surface area (Å²) in [4.78, 5) is 12.9. The van der Waals surface area contributed by atoms with Crippen LogP contribution < -0.4 is 14.2 Å². The summed E-state index contributed by atoms with van der Waals surface area (Å²) in [5.41, 5.74) is -1.18. The number of sulfonamides is 1. The molecule has 1 N–H and O–H groups in total. The van der Waals surface area contributed by atoms with E-state index in [1.807, 2.05) is 4.72 Å². The Hall–Kier alpha value is -3.27. The van der Waals surface area contributed by atoms with Crippen LogP contribution in [0, 0.1) is 0 Å². The average molecular weight is 465 g/mol. The van der Waals surface area contributed by atoms with Gasteiger partial charge in [-0.05, 0) is 30.0 Å². The second-order valence-electron chi connectivity index (χ2n) is 7.19. The van der Waals surface area contributed by atoms with E-state index in [-0.39, 0.29) is 29.2 Å². The molecule has 10 heteroatoms. The maximum absolute atomic E-state index is 13.5. The molecule has 0 radical (unpaired) electrons. The predicted octanol–water partition coefficient (Wildman–Crippen LogP) is 4.24. The third kappa shape index (κ3) is 3.86. The van der Waals surface area contributed by atoms with Crippen LogP contribution in [-0.4, -0.2) is 28.0 Å². The van der Waals surface area contributed by atoms with Crippen LogP contribution in [-0.2, 0) is 21.0 Å². The van der Waals surface area contributed by atoms with Crippen LogP contribution in [0.5, 0.6) is 11.5 Å². The third-order valence-corrected chi connectivity index (χ3v) is 6.68. The number of hydrogen-bond acceptors (Lipinski definition) is 5. The summed E-state index contributed by atoms with van der Waals surface area (Å²) < 4.78 is 78.9. The summed E-state index contributed by atoms with van der Waals surface area (Å²) >= 11 is 0. The van der Waals surface area contributed by atoms with Crippen LogP contribution in [0.4, 0.5) is 13.2 Å². The molecule has 1 aliphatic rings. The zero-order chi connectivity index (χ0) is 23.1. The normalized spacial score (nSPS) is 16.2. The predicted molar refractivity (Wildman–Crippen MR) is 110 cm³/mol. The summed E-state index contributed by atoms with van der Waals surface area (Å²) in [7, 11) is -3.05. The fourth-order valence-electron chi connectivity index (χ4n) is 3.84. The number of methoxy groups -OCH3 is 1. The molecule has 1 atom stereocenters. The molecule has 0 fully saturated rings. The van der Waals surface area contributed by atoms with Gasteiger partial charge in [0.15, 0.2) is 0 Å². The highest BCUT2D eigenvalue weighted by Gasteiger charge is 2.41. The van der Waals surface area contributed by atoms with E-state index in [2.05, 4.69) is 0 Å². The molecule has 1 aliphatic heterocycles. The van der Waals surface area contributed by atoms with Gasteiger partial charge >= 0.3 is 6.18 Å². The number of benzene rings is 3. The summed E-state index contributed by atoms with van der Waals surface area (Å²) in [6.45, 7) is -0.185. The van der Waals surface area contributed by atoms with Crippen LogP contribution in [0.3, 0.4) is 0 Å². The minimum absolute atomic E-state index is 0.00964. The van der Waals surface area contributed by atoms with Gasteiger partial charge in [-0.3, -0.25) is 4.79 Å². The topological polar surface area (TPSA) is 81.7 Å². The van der Waals surface area contributed by atoms with Crippen molar-refractivity contribution in [2.75, 3.05) is 13.7 Å². The van der Waals surface area contributed by atoms with Crippen LogP contribution in [0.2, 0.25) is 0 Å². The summed E-state index contributed by atoms with van der Waals surface area (Å²) in [5, 5.41) is 1.08. The highest BCUT2D eigenvalue weighted by Crippen LogP contribution is 2.47. The Balaban J connectivity index is 1.74. The van der Waals surface area contributed by atoms with E-state index < -0.39 is 39.3 Å². The molecule has 4 rings (SSSR count). The molecule has 0 bridgehead atoms. The van der Waals surface area contributed by atoms with E-state index in [4.69, 9.17) is 9.47 Å². The lowest BCUT2D eigenvalue weighted by Gasteiger charge is -2.29. The Bertz CT molecular complexity index is 1300. The van der Waals surface area contributed by atoms with Gasteiger partial charge in [0.25, 0.3) is 10.0 Å². The Morgan fingerprint density at radius 1 is 1.09 bits per heavy atom. The van der Waals surface area contributed by atoms with Gasteiger partial charge in [0, 0.05) is 10.9 Å². The number of halogens is 3. The first-order chi connectivity index (χ1) is 15.1. The second-order valence-corrected chi connectivity index (χ2v) is 8.84. The van der Waals surface area contributed by atoms with E-state index in [0.29, 0.717) is 10.8 Å². The first-order valence-electron chi connectivity index (χ1n) is 9.59. The van der Waals surface area contributed by atoms with E-state index in [1.54, 1.807) is 36.4 Å². The Labute approximate surface area is 182 Å². The van der Waals surface area contributed by atoms with Crippen molar-refractivity contribution in [2.24, 2.45) is 0 Å². The minimum Gasteiger partial charge on any atom is -0.496 e. The number of fused-ring (bicyclic) bond motifs is 2. The highest BCUT2D eigenvalue weighted by molar-refractivity contribution is 7.90. The number of nitrogens with one attached hydrogen (secondary N) is 1. The average Bonchev–Trinajstić information content (AvgIpc) is 2.76. The minimum atomic E-state index is -4.72. The lowest BCUT2D eigenvalue weighted by molar-refractivity contribution is -0.139. The molecule has 32 heavy (non-hydrogen) atoms. The number of hydrogen-bond donors (Lipinski definition) is 1. The molecule has 3 aromatic rings. The largest absolute Gasteiger partial charge is 0.496 e. The molecule has 1 heterocycles. The van der Waals surface area contributed by atoms with Crippen molar-refractivity contribution in [3.63, 3.8) is 0 Å². The molecule has 1 unspecified atom stereocenters. The van der Waals surface area contributed by atoms with Crippen molar-refractivity contribution >= 4 is 26.7 Å². The Kier molecular flexibility index (Phi) is 5.49. The van der Waals surface area contributed by atoms with Crippen molar-refractivity contribution < 1.29 is 35.9 Å². The van der Waals surface area contributed by atoms with E-state index >= 15 is 0 Å². The number of amides is 1. The fraction of sp³-hybridized carbons (Fsp3) is 0.227. The molecular formula is C22H18F3NO5S. The van der Waals surface area contributed by atoms with Gasteiger partial charge in [0.2, 0.25) is 5.91 Å². The number of carbonyl (C=O) groups excluding carboxylic acids is 1. The number of alkyl halides is 3. The lowest BCUT2D eigenvalue weighted by atomic mass is 9.89. The zero-order valence-corrected chi connectivity index (χ0v) is 17.6. The van der Waals surface area contributed by atoms with Crippen molar-refractivity contribution in [2.45, 2.75) is 23.4 Å². The maximum Gasteiger partial charge on any atom is 0.419 e. The van der Waals surface area contributed by atoms with Gasteiger partial charge in [-0.1, -0.05) is 36.4 Å². The molecule has 3 aromatic carbocycles. The molecule has 0 aliphatic carbocycles. The Morgan fingerprint density at radius 3 is 2.53 bits per heavy atom. The first-order valence-corrected chi connectivity index (χ1v) is 11.1. The van der Waals surface area contributed by atoms with Gasteiger partial charge in [0.05, 0.1) is 30.1 Å². The quantitative estimate of drug-likeness (QED) is 0.624. The monoisotopic (exact) mass is 465 g/mol. The molecule has 0 saturated heterocycles. The van der Waals surface area contributed by atoms with Crippen LogP contribution in [0.15, 0.2) is 59.5 Å². The highest BCUT2D eigenvalue weighted by atomic mass is 32.2. The van der Waals surface area contributed by atoms with Crippen LogP contribution >= 0.6 is 0 Å². The molecule has 0 aromatic heterocycles. The third-order valence-electron chi connectivity index (χ3n) is 5.27. The Morgan fingerprint density at radius 2 is 1.81 bits per heavy atom. The van der Waals surface area contributed by atoms with E-state index in [0.717, 1.165) is 12.1 Å². The number of rotatable bonds is 4. The molecule has 0 saturated carbocycles. The van der Waals surface area contributed by atoms with Crippen LogP contribution in [0.1, 0.15) is 23.5 Å². The summed E-state index contributed by atoms with van der Waals surface area (Å²) in [5.74, 6) is -2.68. The molecule has 6 nitrogen and oxygen atoms in total. The molecule has 0 spiro atoms. The van der Waals surface area contributed by atoms with Gasteiger partial charge < -0.3 is 9.47 Å². The molecule has 1 amide bonds. The van der Waals surface area contributed by atoms with Crippen molar-refractivity contribution in [1.29, 1.82) is 0 Å². The fourth-order valence-corrected chi connectivity index (χ4v) is 5.09. The zero-order valence-electron chi connectivity index (χ0n) is 16.8. The van der Waals surface area contributed by atoms with E-state index in [1.165, 1.54) is 13.2 Å². The van der Waals surface area contributed by atoms with Gasteiger partial charge in [0.1, 0.15) is 11.5 Å². The smallest absolute Gasteiger partial charge is 0.419 e. The van der Waals surface area contributed by atoms with Gasteiger partial charge in [-0.15, -0.1) is 0 Å². The van der Waals surface area contributed by atoms with Crippen molar-refractivity contribution in [3.8, 4) is 11.5 Å². The number of carbonyl (C=O) groups is 1. The van der Waals surface area contributed by atoms with Crippen LogP contribution in [0.25, 0.3) is 10.8 Å². The SMILES string of the molecule is COc1ccc(C(F)(F)F)c2c1C(C(=O)NS(=O)(=O)c1cccc3ccccc13)CCO2. The standard InChI is InChI=1S/C22H18F3NO5S/c1-30-17-10-9-16(22(23,24)25)20-19(17)15(11-12-31-20)21(27)26-32(28,29)18-8-4-6-13-5-2-3-7-14(13)18/h2-10,15H,11-12H2,1H3,(H,26,27). The summed E-state index contributed by atoms with van der Waals surface area (Å²) in [6, 6.07) is 13.3. The second kappa shape index (κ2) is 8.01. The maximum atomic E-state index is 13.5. The molecule has 168 valence electrons. The number of ether oxygens (including phenoxy) is 2. The summed E-state index contributed by atoms with van der Waals surface area (Å²) in [6.07, 6.45) is -4.73. The lowest BCUT2D eigenvalue weighted by Crippen LogP contribution is -2.37. The molecular weight excluding hydrogens is 447 g/mol. The van der Waals surface area contributed by atoms with Gasteiger partial charge in [-0.25, -0.2) is 13.1 Å². The van der Waals surface area contributed by atoms with Crippen molar-refractivity contribution in [1.82, 2.24) is 4.72 Å². The first kappa shape index (κ1) is 21.9. The van der Waals surface area contributed by atoms with Crippen molar-refractivity contribution in [3.05, 3.63) is 65.7 Å².